The normalized spacial score (nSPS) is 43.0. The fourth-order valence-electron chi connectivity index (χ4n) is 12.0. The van der Waals surface area contributed by atoms with Crippen molar-refractivity contribution >= 4 is 11.8 Å². The van der Waals surface area contributed by atoms with Gasteiger partial charge in [0.2, 0.25) is 0 Å². The number of hydrogen-bond acceptors (Lipinski definition) is 3. The van der Waals surface area contributed by atoms with E-state index in [-0.39, 0.29) is 39.7 Å². The van der Waals surface area contributed by atoms with Crippen LogP contribution in [0.4, 0.5) is 0 Å². The van der Waals surface area contributed by atoms with Gasteiger partial charge in [-0.05, 0) is 109 Å². The summed E-state index contributed by atoms with van der Waals surface area (Å²) >= 11 is 0. The summed E-state index contributed by atoms with van der Waals surface area (Å²) in [6, 6.07) is 0. The summed E-state index contributed by atoms with van der Waals surface area (Å²) in [5, 5.41) is 0. The largest absolute Gasteiger partial charge is 0.462 e. The third-order valence-electron chi connectivity index (χ3n) is 15.0. The van der Waals surface area contributed by atoms with Crippen LogP contribution in [0.3, 0.4) is 0 Å². The van der Waals surface area contributed by atoms with Crippen LogP contribution in [-0.4, -0.2) is 17.9 Å². The first kappa shape index (κ1) is 33.2. The van der Waals surface area contributed by atoms with Gasteiger partial charge in [0, 0.05) is 17.8 Å². The first-order valence-corrected chi connectivity index (χ1v) is 18.5. The molecule has 0 saturated heterocycles. The fourth-order valence-corrected chi connectivity index (χ4v) is 12.0. The summed E-state index contributed by atoms with van der Waals surface area (Å²) in [6.45, 7) is 21.9. The molecule has 0 heterocycles. The molecule has 0 bridgehead atoms. The van der Waals surface area contributed by atoms with E-state index in [0.717, 1.165) is 38.5 Å². The van der Waals surface area contributed by atoms with Crippen LogP contribution in [0.25, 0.3) is 0 Å². The van der Waals surface area contributed by atoms with Crippen molar-refractivity contribution in [1.82, 2.24) is 0 Å². The summed E-state index contributed by atoms with van der Waals surface area (Å²) < 4.78 is 6.29. The topological polar surface area (TPSA) is 43.4 Å². The van der Waals surface area contributed by atoms with Crippen LogP contribution in [0.5, 0.6) is 0 Å². The Balaban J connectivity index is 1.33. The molecule has 244 valence electrons. The zero-order valence-electron chi connectivity index (χ0n) is 29.6. The van der Waals surface area contributed by atoms with E-state index in [0.29, 0.717) is 34.9 Å². The molecule has 5 aliphatic rings. The number of fused-ring (bicyclic) bond motifs is 7. The summed E-state index contributed by atoms with van der Waals surface area (Å²) in [6.07, 6.45) is 21.6. The Morgan fingerprint density at radius 1 is 0.814 bits per heavy atom. The molecule has 4 saturated carbocycles. The van der Waals surface area contributed by atoms with Gasteiger partial charge in [0.05, 0.1) is 0 Å². The number of allylic oxidation sites excluding steroid dienone is 2. The van der Waals surface area contributed by atoms with Crippen molar-refractivity contribution in [3.05, 3.63) is 11.6 Å². The van der Waals surface area contributed by atoms with Gasteiger partial charge in [0.15, 0.2) is 5.78 Å². The Hall–Kier alpha value is -1.12. The van der Waals surface area contributed by atoms with Gasteiger partial charge in [-0.25, -0.2) is 0 Å². The lowest BCUT2D eigenvalue weighted by molar-refractivity contribution is -0.211. The molecule has 0 aromatic heterocycles. The van der Waals surface area contributed by atoms with Crippen LogP contribution in [0.2, 0.25) is 0 Å². The van der Waals surface area contributed by atoms with Gasteiger partial charge >= 0.3 is 5.97 Å². The van der Waals surface area contributed by atoms with Gasteiger partial charge in [-0.3, -0.25) is 9.59 Å². The van der Waals surface area contributed by atoms with Crippen molar-refractivity contribution in [1.29, 1.82) is 0 Å². The van der Waals surface area contributed by atoms with Crippen LogP contribution < -0.4 is 0 Å². The molecule has 3 heteroatoms. The summed E-state index contributed by atoms with van der Waals surface area (Å²) in [4.78, 5) is 27.6. The fraction of sp³-hybridized carbons (Fsp3) is 0.900. The maximum Gasteiger partial charge on any atom is 0.306 e. The zero-order valence-corrected chi connectivity index (χ0v) is 29.6. The molecule has 5 aliphatic carbocycles. The molecular weight excluding hydrogens is 528 g/mol. The first-order chi connectivity index (χ1) is 20.0. The Bertz CT molecular complexity index is 1100. The highest BCUT2D eigenvalue weighted by atomic mass is 16.5. The second-order valence-electron chi connectivity index (χ2n) is 18.6. The maximum atomic E-state index is 14.6. The predicted octanol–water partition coefficient (Wildman–Crippen LogP) is 11.0. The van der Waals surface area contributed by atoms with E-state index in [1.165, 1.54) is 69.8 Å². The Morgan fingerprint density at radius 2 is 1.47 bits per heavy atom. The average molecular weight is 595 g/mol. The molecule has 0 spiro atoms. The Labute approximate surface area is 265 Å². The van der Waals surface area contributed by atoms with Crippen LogP contribution in [0.15, 0.2) is 11.6 Å². The molecule has 0 radical (unpaired) electrons. The highest BCUT2D eigenvalue weighted by Crippen LogP contribution is 2.75. The van der Waals surface area contributed by atoms with Crippen molar-refractivity contribution in [2.45, 2.75) is 178 Å². The van der Waals surface area contributed by atoms with Crippen molar-refractivity contribution in [2.75, 3.05) is 0 Å². The lowest BCUT2D eigenvalue weighted by Crippen LogP contribution is -2.66. The van der Waals surface area contributed by atoms with E-state index >= 15 is 0 Å². The molecule has 0 aliphatic heterocycles. The van der Waals surface area contributed by atoms with Crippen molar-refractivity contribution < 1.29 is 14.3 Å². The number of carbonyl (C=O) groups excluding carboxylic acids is 2. The minimum Gasteiger partial charge on any atom is -0.462 e. The lowest BCUT2D eigenvalue weighted by Gasteiger charge is -2.70. The number of ketones is 1. The zero-order chi connectivity index (χ0) is 31.5. The molecule has 0 N–H and O–H groups in total. The third kappa shape index (κ3) is 5.51. The number of rotatable bonds is 9. The van der Waals surface area contributed by atoms with E-state index in [2.05, 4.69) is 68.4 Å². The number of ether oxygens (including phenoxy) is 1. The lowest BCUT2D eigenvalue weighted by atomic mass is 9.33. The van der Waals surface area contributed by atoms with Gasteiger partial charge in [0.25, 0.3) is 0 Å². The van der Waals surface area contributed by atoms with E-state index in [9.17, 15) is 9.59 Å². The van der Waals surface area contributed by atoms with Gasteiger partial charge < -0.3 is 4.74 Å². The van der Waals surface area contributed by atoms with Crippen LogP contribution >= 0.6 is 0 Å². The van der Waals surface area contributed by atoms with Crippen molar-refractivity contribution in [3.63, 3.8) is 0 Å². The molecule has 0 aromatic rings. The molecule has 0 amide bonds. The van der Waals surface area contributed by atoms with Gasteiger partial charge in [-0.2, -0.15) is 0 Å². The number of hydrogen-bond donors (Lipinski definition) is 0. The highest BCUT2D eigenvalue weighted by molar-refractivity contribution is 5.95. The summed E-state index contributed by atoms with van der Waals surface area (Å²) in [7, 11) is 0. The molecule has 0 aromatic carbocycles. The molecule has 8 atom stereocenters. The Kier molecular flexibility index (Phi) is 8.97. The smallest absolute Gasteiger partial charge is 0.306 e. The average Bonchev–Trinajstić information content (AvgIpc) is 2.92. The molecule has 8 unspecified atom stereocenters. The monoisotopic (exact) mass is 595 g/mol. The molecule has 4 fully saturated rings. The predicted molar refractivity (Wildman–Crippen MR) is 178 cm³/mol. The van der Waals surface area contributed by atoms with Gasteiger partial charge in [-0.1, -0.05) is 106 Å². The van der Waals surface area contributed by atoms with Gasteiger partial charge in [0.1, 0.15) is 6.10 Å². The number of unbranched alkanes of at least 4 members (excludes halogenated alkanes) is 6. The van der Waals surface area contributed by atoms with Crippen molar-refractivity contribution in [2.24, 2.45) is 50.2 Å². The summed E-state index contributed by atoms with van der Waals surface area (Å²) in [5.74, 6) is 1.38. The highest BCUT2D eigenvalue weighted by Gasteiger charge is 2.70. The second-order valence-corrected chi connectivity index (χ2v) is 18.6. The molecule has 3 nitrogen and oxygen atoms in total. The van der Waals surface area contributed by atoms with E-state index in [1.807, 2.05) is 0 Å². The summed E-state index contributed by atoms with van der Waals surface area (Å²) in [5.41, 5.74) is 2.08. The van der Waals surface area contributed by atoms with Crippen LogP contribution in [0, 0.1) is 50.2 Å². The molecular formula is C40H66O3. The van der Waals surface area contributed by atoms with E-state index in [1.54, 1.807) is 0 Å². The van der Waals surface area contributed by atoms with Gasteiger partial charge in [-0.15, -0.1) is 0 Å². The molecule has 43 heavy (non-hydrogen) atoms. The molecule has 5 rings (SSSR count). The first-order valence-electron chi connectivity index (χ1n) is 18.5. The third-order valence-corrected chi connectivity index (χ3v) is 15.0. The maximum absolute atomic E-state index is 14.6. The number of esters is 1. The Morgan fingerprint density at radius 3 is 2.16 bits per heavy atom. The standard InChI is InChI=1S/C40H66O3/c1-10-11-12-13-14-15-16-17-33(42)43-32-19-20-38(7)31(36(32,4)5)18-21-40(9)34(38)30(41)26-28-29-27-35(2,3)22-23-37(29,6)24-25-39(28,40)8/h26,29,31-32,34H,10-25,27H2,1-9H3. The van der Waals surface area contributed by atoms with Crippen LogP contribution in [-0.2, 0) is 14.3 Å². The quantitative estimate of drug-likeness (QED) is 0.197. The SMILES string of the molecule is CCCCCCCCCC(=O)OC1CCC2(C)C(CCC3(C)C2C(=O)C=C2C4CC(C)(C)CCC4(C)CCC23C)C1(C)C. The second kappa shape index (κ2) is 11.6. The van der Waals surface area contributed by atoms with Crippen molar-refractivity contribution in [3.8, 4) is 0 Å². The minimum atomic E-state index is -0.131. The van der Waals surface area contributed by atoms with E-state index < -0.39 is 0 Å². The number of carbonyl (C=O) groups is 2. The minimum absolute atomic E-state index is 0.00891. The van der Waals surface area contributed by atoms with E-state index in [4.69, 9.17) is 4.74 Å². The van der Waals surface area contributed by atoms with Crippen LogP contribution in [0.1, 0.15) is 171 Å².